The van der Waals surface area contributed by atoms with Gasteiger partial charge in [0.25, 0.3) is 5.56 Å². The molecule has 0 saturated heterocycles. The molecule has 3 aromatic rings. The summed E-state index contributed by atoms with van der Waals surface area (Å²) in [4.78, 5) is 31.3. The Labute approximate surface area is 126 Å². The van der Waals surface area contributed by atoms with Crippen molar-refractivity contribution in [1.82, 2.24) is 19.9 Å². The number of H-pyrrole nitrogens is 1. The van der Waals surface area contributed by atoms with Crippen LogP contribution >= 0.6 is 0 Å². The SMILES string of the molecule is C[C@@H](NC(=O)Cn1ccccc1=O)c1nc2ccccc2[nH]1. The van der Waals surface area contributed by atoms with E-state index in [0.717, 1.165) is 11.0 Å². The van der Waals surface area contributed by atoms with Crippen LogP contribution in [0.25, 0.3) is 11.0 Å². The number of carbonyl (C=O) groups excluding carboxylic acids is 1. The van der Waals surface area contributed by atoms with Crippen LogP contribution in [0.2, 0.25) is 0 Å². The quantitative estimate of drug-likeness (QED) is 0.767. The maximum atomic E-state index is 12.1. The topological polar surface area (TPSA) is 79.8 Å². The Balaban J connectivity index is 1.71. The molecule has 1 amide bonds. The van der Waals surface area contributed by atoms with E-state index in [2.05, 4.69) is 15.3 Å². The summed E-state index contributed by atoms with van der Waals surface area (Å²) in [6.07, 6.45) is 1.59. The first kappa shape index (κ1) is 14.1. The van der Waals surface area contributed by atoms with Gasteiger partial charge in [0.1, 0.15) is 12.4 Å². The molecule has 22 heavy (non-hydrogen) atoms. The number of aromatic nitrogens is 3. The van der Waals surface area contributed by atoms with Crippen molar-refractivity contribution in [3.63, 3.8) is 0 Å². The van der Waals surface area contributed by atoms with Gasteiger partial charge in [-0.3, -0.25) is 9.59 Å². The van der Waals surface area contributed by atoms with Gasteiger partial charge in [0, 0.05) is 12.3 Å². The van der Waals surface area contributed by atoms with Crippen LogP contribution in [-0.4, -0.2) is 20.4 Å². The normalized spacial score (nSPS) is 12.2. The van der Waals surface area contributed by atoms with Crippen LogP contribution in [-0.2, 0) is 11.3 Å². The van der Waals surface area contributed by atoms with Gasteiger partial charge in [0.15, 0.2) is 0 Å². The van der Waals surface area contributed by atoms with Crippen LogP contribution in [0.5, 0.6) is 0 Å². The second-order valence-electron chi connectivity index (χ2n) is 5.10. The Morgan fingerprint density at radius 2 is 2.05 bits per heavy atom. The van der Waals surface area contributed by atoms with Crippen LogP contribution in [0, 0.1) is 0 Å². The van der Waals surface area contributed by atoms with Crippen LogP contribution in [0.4, 0.5) is 0 Å². The number of para-hydroxylation sites is 2. The summed E-state index contributed by atoms with van der Waals surface area (Å²) in [6.45, 7) is 1.84. The van der Waals surface area contributed by atoms with E-state index < -0.39 is 0 Å². The van der Waals surface area contributed by atoms with E-state index in [1.807, 2.05) is 31.2 Å². The minimum Gasteiger partial charge on any atom is -0.345 e. The van der Waals surface area contributed by atoms with Crippen molar-refractivity contribution >= 4 is 16.9 Å². The lowest BCUT2D eigenvalue weighted by molar-refractivity contribution is -0.122. The van der Waals surface area contributed by atoms with Crippen molar-refractivity contribution in [3.8, 4) is 0 Å². The molecule has 2 heterocycles. The number of nitrogens with one attached hydrogen (secondary N) is 2. The Hall–Kier alpha value is -2.89. The van der Waals surface area contributed by atoms with Gasteiger partial charge in [-0.15, -0.1) is 0 Å². The first-order valence-electron chi connectivity index (χ1n) is 7.03. The van der Waals surface area contributed by atoms with Gasteiger partial charge < -0.3 is 14.9 Å². The number of hydrogen-bond donors (Lipinski definition) is 2. The highest BCUT2D eigenvalue weighted by molar-refractivity contribution is 5.77. The van der Waals surface area contributed by atoms with Gasteiger partial charge in [0.2, 0.25) is 5.91 Å². The minimum absolute atomic E-state index is 0.00968. The molecule has 1 atom stereocenters. The number of amides is 1. The number of hydrogen-bond acceptors (Lipinski definition) is 3. The number of imidazole rings is 1. The highest BCUT2D eigenvalue weighted by Gasteiger charge is 2.13. The zero-order valence-electron chi connectivity index (χ0n) is 12.1. The summed E-state index contributed by atoms with van der Waals surface area (Å²) < 4.78 is 1.36. The number of aromatic amines is 1. The summed E-state index contributed by atoms with van der Waals surface area (Å²) in [7, 11) is 0. The Kier molecular flexibility index (Phi) is 3.74. The number of fused-ring (bicyclic) bond motifs is 1. The summed E-state index contributed by atoms with van der Waals surface area (Å²) >= 11 is 0. The summed E-state index contributed by atoms with van der Waals surface area (Å²) in [6, 6.07) is 12.2. The van der Waals surface area contributed by atoms with Gasteiger partial charge in [-0.05, 0) is 25.1 Å². The van der Waals surface area contributed by atoms with Crippen molar-refractivity contribution in [2.75, 3.05) is 0 Å². The van der Waals surface area contributed by atoms with Crippen LogP contribution in [0.3, 0.4) is 0 Å². The molecule has 0 radical (unpaired) electrons. The third kappa shape index (κ3) is 2.90. The molecule has 0 unspecified atom stereocenters. The number of benzene rings is 1. The van der Waals surface area contributed by atoms with Crippen molar-refractivity contribution in [1.29, 1.82) is 0 Å². The summed E-state index contributed by atoms with van der Waals surface area (Å²) in [5, 5.41) is 2.84. The van der Waals surface area contributed by atoms with Crippen LogP contribution in [0.1, 0.15) is 18.8 Å². The predicted molar refractivity (Wildman–Crippen MR) is 83.4 cm³/mol. The highest BCUT2D eigenvalue weighted by atomic mass is 16.2. The third-order valence-electron chi connectivity index (χ3n) is 3.41. The van der Waals surface area contributed by atoms with E-state index in [1.54, 1.807) is 18.3 Å². The smallest absolute Gasteiger partial charge is 0.250 e. The third-order valence-corrected chi connectivity index (χ3v) is 3.41. The van der Waals surface area contributed by atoms with Crippen molar-refractivity contribution in [3.05, 3.63) is 64.8 Å². The van der Waals surface area contributed by atoms with E-state index in [1.165, 1.54) is 10.6 Å². The molecule has 2 aromatic heterocycles. The van der Waals surface area contributed by atoms with Crippen molar-refractivity contribution in [2.45, 2.75) is 19.5 Å². The molecule has 1 aromatic carbocycles. The number of nitrogens with zero attached hydrogens (tertiary/aromatic N) is 2. The molecule has 0 spiro atoms. The summed E-state index contributed by atoms with van der Waals surface area (Å²) in [5.74, 6) is 0.455. The Bertz CT molecular complexity index is 832. The van der Waals surface area contributed by atoms with Gasteiger partial charge in [-0.25, -0.2) is 4.98 Å². The van der Waals surface area contributed by atoms with E-state index in [9.17, 15) is 9.59 Å². The molecule has 0 bridgehead atoms. The molecule has 2 N–H and O–H groups in total. The number of pyridine rings is 1. The van der Waals surface area contributed by atoms with E-state index >= 15 is 0 Å². The lowest BCUT2D eigenvalue weighted by Crippen LogP contribution is -2.33. The molecule has 0 saturated carbocycles. The largest absolute Gasteiger partial charge is 0.345 e. The van der Waals surface area contributed by atoms with E-state index in [-0.39, 0.29) is 24.1 Å². The lowest BCUT2D eigenvalue weighted by Gasteiger charge is -2.12. The standard InChI is InChI=1S/C16H16N4O2/c1-11(16-18-12-6-2-3-7-13(12)19-16)17-14(21)10-20-9-5-4-8-15(20)22/h2-9,11H,10H2,1H3,(H,17,21)(H,18,19)/t11-/m1/s1. The maximum Gasteiger partial charge on any atom is 0.250 e. The first-order valence-corrected chi connectivity index (χ1v) is 7.03. The van der Waals surface area contributed by atoms with Gasteiger partial charge >= 0.3 is 0 Å². The average Bonchev–Trinajstić information content (AvgIpc) is 2.93. The Morgan fingerprint density at radius 3 is 2.82 bits per heavy atom. The summed E-state index contributed by atoms with van der Waals surface area (Å²) in [5.41, 5.74) is 1.59. The Morgan fingerprint density at radius 1 is 1.27 bits per heavy atom. The molecular formula is C16H16N4O2. The van der Waals surface area contributed by atoms with Crippen LogP contribution < -0.4 is 10.9 Å². The second-order valence-corrected chi connectivity index (χ2v) is 5.10. The van der Waals surface area contributed by atoms with Crippen molar-refractivity contribution in [2.24, 2.45) is 0 Å². The van der Waals surface area contributed by atoms with Gasteiger partial charge in [-0.1, -0.05) is 18.2 Å². The average molecular weight is 296 g/mol. The molecule has 0 aliphatic heterocycles. The zero-order valence-corrected chi connectivity index (χ0v) is 12.1. The lowest BCUT2D eigenvalue weighted by atomic mass is 10.3. The molecule has 0 aliphatic rings. The van der Waals surface area contributed by atoms with Gasteiger partial charge in [-0.2, -0.15) is 0 Å². The molecule has 3 rings (SSSR count). The molecule has 0 aliphatic carbocycles. The molecule has 112 valence electrons. The molecule has 6 heteroatoms. The monoisotopic (exact) mass is 296 g/mol. The molecule has 6 nitrogen and oxygen atoms in total. The molecule has 0 fully saturated rings. The fraction of sp³-hybridized carbons (Fsp3) is 0.188. The van der Waals surface area contributed by atoms with Gasteiger partial charge in [0.05, 0.1) is 17.1 Å². The predicted octanol–water partition coefficient (Wildman–Crippen LogP) is 1.60. The first-order chi connectivity index (χ1) is 10.6. The van der Waals surface area contributed by atoms with Crippen LogP contribution in [0.15, 0.2) is 53.5 Å². The maximum absolute atomic E-state index is 12.1. The van der Waals surface area contributed by atoms with E-state index in [4.69, 9.17) is 0 Å². The van der Waals surface area contributed by atoms with E-state index in [0.29, 0.717) is 5.82 Å². The van der Waals surface area contributed by atoms with Crippen molar-refractivity contribution < 1.29 is 4.79 Å². The fourth-order valence-electron chi connectivity index (χ4n) is 2.28. The second kappa shape index (κ2) is 5.85. The number of rotatable bonds is 4. The zero-order chi connectivity index (χ0) is 15.5. The fourth-order valence-corrected chi connectivity index (χ4v) is 2.28. The number of carbonyl (C=O) groups is 1. The minimum atomic E-state index is -0.265. The molecular weight excluding hydrogens is 280 g/mol. The highest BCUT2D eigenvalue weighted by Crippen LogP contribution is 2.15.